The summed E-state index contributed by atoms with van der Waals surface area (Å²) < 4.78 is 5.75. The Morgan fingerprint density at radius 2 is 1.83 bits per heavy atom. The Morgan fingerprint density at radius 1 is 1.17 bits per heavy atom. The van der Waals surface area contributed by atoms with Crippen molar-refractivity contribution in [1.82, 2.24) is 0 Å². The lowest BCUT2D eigenvalue weighted by Gasteiger charge is -2.35. The maximum Gasteiger partial charge on any atom is 0.106 e. The average molecular weight is 249 g/mol. The topological polar surface area (TPSA) is 39.2 Å². The van der Waals surface area contributed by atoms with Crippen LogP contribution in [0, 0.1) is 32.6 Å². The fraction of sp³-hybridized carbons (Fsp3) is 0.750. The Morgan fingerprint density at radius 3 is 2.39 bits per heavy atom. The van der Waals surface area contributed by atoms with E-state index < -0.39 is 0 Å². The summed E-state index contributed by atoms with van der Waals surface area (Å²) in [4.78, 5) is 0. The molecule has 0 saturated heterocycles. The number of hydrogen-bond acceptors (Lipinski definition) is 2. The predicted octanol–water partition coefficient (Wildman–Crippen LogP) is 4.42. The summed E-state index contributed by atoms with van der Waals surface area (Å²) in [6, 6.07) is 0.160. The Kier molecular flexibility index (Phi) is 4.16. The number of furan rings is 1. The van der Waals surface area contributed by atoms with Gasteiger partial charge in [-0.15, -0.1) is 0 Å². The van der Waals surface area contributed by atoms with Crippen LogP contribution in [0.4, 0.5) is 0 Å². The van der Waals surface area contributed by atoms with Crippen molar-refractivity contribution in [3.05, 3.63) is 22.6 Å². The van der Waals surface area contributed by atoms with Crippen LogP contribution in [0.1, 0.15) is 67.7 Å². The van der Waals surface area contributed by atoms with Crippen molar-refractivity contribution < 1.29 is 4.42 Å². The maximum absolute atomic E-state index is 6.59. The molecule has 2 heteroatoms. The summed E-state index contributed by atoms with van der Waals surface area (Å²) in [5.74, 6) is 3.49. The van der Waals surface area contributed by atoms with E-state index in [1.807, 2.05) is 6.92 Å². The third kappa shape index (κ3) is 2.35. The average Bonchev–Trinajstić information content (AvgIpc) is 2.62. The van der Waals surface area contributed by atoms with Crippen LogP contribution in [0.2, 0.25) is 0 Å². The molecule has 1 saturated carbocycles. The van der Waals surface area contributed by atoms with Crippen molar-refractivity contribution >= 4 is 0 Å². The Balaban J connectivity index is 2.26. The minimum Gasteiger partial charge on any atom is -0.466 e. The van der Waals surface area contributed by atoms with E-state index in [2.05, 4.69) is 20.8 Å². The van der Waals surface area contributed by atoms with E-state index in [-0.39, 0.29) is 6.04 Å². The zero-order chi connectivity index (χ0) is 13.3. The monoisotopic (exact) mass is 249 g/mol. The van der Waals surface area contributed by atoms with Gasteiger partial charge in [0.05, 0.1) is 0 Å². The second kappa shape index (κ2) is 5.48. The summed E-state index contributed by atoms with van der Waals surface area (Å²) >= 11 is 0. The lowest BCUT2D eigenvalue weighted by atomic mass is 9.72. The summed E-state index contributed by atoms with van der Waals surface area (Å²) in [5, 5.41) is 0. The van der Waals surface area contributed by atoms with E-state index in [0.29, 0.717) is 5.92 Å². The van der Waals surface area contributed by atoms with Crippen molar-refractivity contribution in [3.63, 3.8) is 0 Å². The third-order valence-electron chi connectivity index (χ3n) is 4.90. The lowest BCUT2D eigenvalue weighted by molar-refractivity contribution is 0.195. The van der Waals surface area contributed by atoms with Crippen molar-refractivity contribution in [1.29, 1.82) is 0 Å². The Labute approximate surface area is 111 Å². The lowest BCUT2D eigenvalue weighted by Crippen LogP contribution is -2.31. The fourth-order valence-corrected chi connectivity index (χ4v) is 3.73. The van der Waals surface area contributed by atoms with E-state index in [1.165, 1.54) is 43.2 Å². The molecule has 102 valence electrons. The molecule has 0 aliphatic heterocycles. The number of rotatable bonds is 3. The Bertz CT molecular complexity index is 407. The molecule has 0 spiro atoms. The van der Waals surface area contributed by atoms with Crippen LogP contribution in [0.3, 0.4) is 0 Å². The second-order valence-electron chi connectivity index (χ2n) is 5.90. The molecule has 2 rings (SSSR count). The molecule has 1 aliphatic rings. The molecule has 1 aromatic heterocycles. The molecule has 2 nitrogen and oxygen atoms in total. The zero-order valence-corrected chi connectivity index (χ0v) is 12.3. The molecule has 18 heavy (non-hydrogen) atoms. The molecular formula is C16H27NO. The molecule has 1 aliphatic carbocycles. The van der Waals surface area contributed by atoms with E-state index in [0.717, 1.165) is 17.4 Å². The summed E-state index contributed by atoms with van der Waals surface area (Å²) in [7, 11) is 0. The molecule has 0 aromatic carbocycles. The van der Waals surface area contributed by atoms with Crippen LogP contribution >= 0.6 is 0 Å². The van der Waals surface area contributed by atoms with E-state index in [9.17, 15) is 0 Å². The van der Waals surface area contributed by atoms with Gasteiger partial charge in [0.2, 0.25) is 0 Å². The maximum atomic E-state index is 6.59. The largest absolute Gasteiger partial charge is 0.466 e. The minimum absolute atomic E-state index is 0.160. The number of nitrogens with two attached hydrogens (primary N) is 1. The normalized spacial score (nSPS) is 26.3. The smallest absolute Gasteiger partial charge is 0.106 e. The molecule has 0 radical (unpaired) electrons. The SMILES string of the molecule is CCC1CCCCC1C(N)c1c(C)oc(C)c1C. The standard InChI is InChI=1S/C16H27NO/c1-5-13-8-6-7-9-14(13)16(17)15-10(2)11(3)18-12(15)4/h13-14,16H,5-9,17H2,1-4H3. The van der Waals surface area contributed by atoms with Gasteiger partial charge in [0.25, 0.3) is 0 Å². The molecule has 2 N–H and O–H groups in total. The summed E-state index contributed by atoms with van der Waals surface area (Å²) in [6.07, 6.45) is 6.60. The quantitative estimate of drug-likeness (QED) is 0.861. The highest BCUT2D eigenvalue weighted by atomic mass is 16.3. The van der Waals surface area contributed by atoms with Crippen LogP contribution in [-0.2, 0) is 0 Å². The van der Waals surface area contributed by atoms with Gasteiger partial charge in [-0.3, -0.25) is 0 Å². The molecule has 1 heterocycles. The van der Waals surface area contributed by atoms with Gasteiger partial charge in [0, 0.05) is 11.6 Å². The van der Waals surface area contributed by atoms with Crippen LogP contribution in [-0.4, -0.2) is 0 Å². The van der Waals surface area contributed by atoms with Crippen molar-refractivity contribution in [2.45, 2.75) is 65.8 Å². The van der Waals surface area contributed by atoms with Gasteiger partial charge in [-0.2, -0.15) is 0 Å². The molecule has 1 fully saturated rings. The first-order chi connectivity index (χ1) is 8.56. The van der Waals surface area contributed by atoms with Crippen molar-refractivity contribution in [3.8, 4) is 0 Å². The summed E-state index contributed by atoms with van der Waals surface area (Å²) in [5.41, 5.74) is 9.13. The van der Waals surface area contributed by atoms with Gasteiger partial charge >= 0.3 is 0 Å². The molecular weight excluding hydrogens is 222 g/mol. The van der Waals surface area contributed by atoms with E-state index >= 15 is 0 Å². The van der Waals surface area contributed by atoms with E-state index in [1.54, 1.807) is 0 Å². The van der Waals surface area contributed by atoms with Crippen molar-refractivity contribution in [2.75, 3.05) is 0 Å². The number of aryl methyl sites for hydroxylation is 2. The van der Waals surface area contributed by atoms with Crippen LogP contribution in [0.5, 0.6) is 0 Å². The zero-order valence-electron chi connectivity index (χ0n) is 12.3. The van der Waals surface area contributed by atoms with Gasteiger partial charge in [0.15, 0.2) is 0 Å². The van der Waals surface area contributed by atoms with Crippen LogP contribution < -0.4 is 5.73 Å². The number of hydrogen-bond donors (Lipinski definition) is 1. The van der Waals surface area contributed by atoms with Gasteiger partial charge in [-0.25, -0.2) is 0 Å². The minimum atomic E-state index is 0.160. The second-order valence-corrected chi connectivity index (χ2v) is 5.90. The molecule has 3 unspecified atom stereocenters. The first-order valence-electron chi connectivity index (χ1n) is 7.38. The molecule has 3 atom stereocenters. The van der Waals surface area contributed by atoms with Gasteiger partial charge < -0.3 is 10.2 Å². The molecule has 1 aromatic rings. The first-order valence-corrected chi connectivity index (χ1v) is 7.38. The fourth-order valence-electron chi connectivity index (χ4n) is 3.73. The highest BCUT2D eigenvalue weighted by molar-refractivity contribution is 5.34. The first kappa shape index (κ1) is 13.7. The van der Waals surface area contributed by atoms with Gasteiger partial charge in [0.1, 0.15) is 11.5 Å². The van der Waals surface area contributed by atoms with E-state index in [4.69, 9.17) is 10.2 Å². The molecule has 0 bridgehead atoms. The van der Waals surface area contributed by atoms with Crippen LogP contribution in [0.15, 0.2) is 4.42 Å². The van der Waals surface area contributed by atoms with Gasteiger partial charge in [-0.05, 0) is 44.6 Å². The van der Waals surface area contributed by atoms with Gasteiger partial charge in [-0.1, -0.05) is 32.6 Å². The predicted molar refractivity (Wildman–Crippen MR) is 75.6 cm³/mol. The molecule has 0 amide bonds. The van der Waals surface area contributed by atoms with Crippen LogP contribution in [0.25, 0.3) is 0 Å². The van der Waals surface area contributed by atoms with Crippen molar-refractivity contribution in [2.24, 2.45) is 17.6 Å². The summed E-state index contributed by atoms with van der Waals surface area (Å²) in [6.45, 7) is 8.54. The highest BCUT2D eigenvalue weighted by Crippen LogP contribution is 2.41. The third-order valence-corrected chi connectivity index (χ3v) is 4.90. The Hall–Kier alpha value is -0.760. The highest BCUT2D eigenvalue weighted by Gasteiger charge is 2.32.